The molecule has 5 heteroatoms. The van der Waals surface area contributed by atoms with E-state index in [1.54, 1.807) is 12.3 Å². The molecule has 0 spiro atoms. The van der Waals surface area contributed by atoms with Crippen LogP contribution < -0.4 is 10.1 Å². The Kier molecular flexibility index (Phi) is 5.45. The SMILES string of the molecule is Clc1cccc(CNCCOc2ccccn2)c1Cl. The first-order valence-corrected chi connectivity index (χ1v) is 6.70. The number of nitrogens with zero attached hydrogens (tertiary/aromatic N) is 1. The molecule has 1 aromatic heterocycles. The molecule has 0 radical (unpaired) electrons. The topological polar surface area (TPSA) is 34.1 Å². The summed E-state index contributed by atoms with van der Waals surface area (Å²) < 4.78 is 5.47. The van der Waals surface area contributed by atoms with Gasteiger partial charge in [0.05, 0.1) is 10.0 Å². The molecule has 2 rings (SSSR count). The third-order valence-electron chi connectivity index (χ3n) is 2.51. The van der Waals surface area contributed by atoms with Crippen molar-refractivity contribution in [1.82, 2.24) is 10.3 Å². The summed E-state index contributed by atoms with van der Waals surface area (Å²) in [7, 11) is 0. The molecule has 0 atom stereocenters. The van der Waals surface area contributed by atoms with E-state index >= 15 is 0 Å². The van der Waals surface area contributed by atoms with Gasteiger partial charge in [-0.3, -0.25) is 0 Å². The average Bonchev–Trinajstić information content (AvgIpc) is 2.44. The number of benzene rings is 1. The maximum atomic E-state index is 6.09. The van der Waals surface area contributed by atoms with Gasteiger partial charge in [-0.1, -0.05) is 41.4 Å². The number of pyridine rings is 1. The van der Waals surface area contributed by atoms with Crippen LogP contribution in [0.25, 0.3) is 0 Å². The molecule has 0 saturated heterocycles. The molecular weight excluding hydrogens is 283 g/mol. The maximum absolute atomic E-state index is 6.09. The van der Waals surface area contributed by atoms with E-state index in [9.17, 15) is 0 Å². The van der Waals surface area contributed by atoms with Crippen LogP contribution in [0.5, 0.6) is 5.88 Å². The van der Waals surface area contributed by atoms with Gasteiger partial charge < -0.3 is 10.1 Å². The van der Waals surface area contributed by atoms with Crippen molar-refractivity contribution in [3.63, 3.8) is 0 Å². The zero-order valence-electron chi connectivity index (χ0n) is 10.3. The first kappa shape index (κ1) is 14.1. The molecule has 0 fully saturated rings. The predicted octanol–water partition coefficient (Wildman–Crippen LogP) is 3.56. The largest absolute Gasteiger partial charge is 0.476 e. The Morgan fingerprint density at radius 3 is 2.79 bits per heavy atom. The Bertz CT molecular complexity index is 520. The highest BCUT2D eigenvalue weighted by molar-refractivity contribution is 6.42. The van der Waals surface area contributed by atoms with Crippen molar-refractivity contribution in [2.75, 3.05) is 13.2 Å². The lowest BCUT2D eigenvalue weighted by atomic mass is 10.2. The summed E-state index contributed by atoms with van der Waals surface area (Å²) in [5.74, 6) is 0.630. The van der Waals surface area contributed by atoms with Gasteiger partial charge in [-0.05, 0) is 17.7 Å². The zero-order chi connectivity index (χ0) is 13.5. The Morgan fingerprint density at radius 2 is 2.00 bits per heavy atom. The monoisotopic (exact) mass is 296 g/mol. The van der Waals surface area contributed by atoms with E-state index in [-0.39, 0.29) is 0 Å². The van der Waals surface area contributed by atoms with Gasteiger partial charge in [-0.25, -0.2) is 4.98 Å². The number of rotatable bonds is 6. The fourth-order valence-electron chi connectivity index (χ4n) is 1.57. The molecule has 19 heavy (non-hydrogen) atoms. The van der Waals surface area contributed by atoms with Gasteiger partial charge in [0.15, 0.2) is 0 Å². The van der Waals surface area contributed by atoms with Crippen LogP contribution in [-0.2, 0) is 6.54 Å². The molecule has 0 saturated carbocycles. The first-order chi connectivity index (χ1) is 9.27. The van der Waals surface area contributed by atoms with Gasteiger partial charge in [-0.15, -0.1) is 0 Å². The van der Waals surface area contributed by atoms with Gasteiger partial charge in [0.25, 0.3) is 0 Å². The minimum Gasteiger partial charge on any atom is -0.476 e. The minimum absolute atomic E-state index is 0.551. The van der Waals surface area contributed by atoms with Crippen molar-refractivity contribution >= 4 is 23.2 Å². The Balaban J connectivity index is 1.71. The maximum Gasteiger partial charge on any atom is 0.213 e. The zero-order valence-corrected chi connectivity index (χ0v) is 11.8. The molecule has 0 aliphatic rings. The normalized spacial score (nSPS) is 10.4. The van der Waals surface area contributed by atoms with Gasteiger partial charge in [0.1, 0.15) is 6.61 Å². The lowest BCUT2D eigenvalue weighted by molar-refractivity contribution is 0.302. The van der Waals surface area contributed by atoms with Gasteiger partial charge in [0, 0.05) is 25.4 Å². The summed E-state index contributed by atoms with van der Waals surface area (Å²) in [4.78, 5) is 4.07. The fourth-order valence-corrected chi connectivity index (χ4v) is 1.96. The molecule has 1 N–H and O–H groups in total. The van der Waals surface area contributed by atoms with E-state index in [1.165, 1.54) is 0 Å². The lowest BCUT2D eigenvalue weighted by Gasteiger charge is -2.08. The molecule has 0 aliphatic carbocycles. The molecule has 0 bridgehead atoms. The van der Waals surface area contributed by atoms with Gasteiger partial charge in [-0.2, -0.15) is 0 Å². The Morgan fingerprint density at radius 1 is 1.11 bits per heavy atom. The molecular formula is C14H14Cl2N2O. The first-order valence-electron chi connectivity index (χ1n) is 5.95. The number of hydrogen-bond acceptors (Lipinski definition) is 3. The van der Waals surface area contributed by atoms with Crippen LogP contribution in [0, 0.1) is 0 Å². The van der Waals surface area contributed by atoms with E-state index in [0.717, 1.165) is 5.56 Å². The minimum atomic E-state index is 0.551. The van der Waals surface area contributed by atoms with Crippen LogP contribution >= 0.6 is 23.2 Å². The summed E-state index contributed by atoms with van der Waals surface area (Å²) in [5.41, 5.74) is 0.979. The summed E-state index contributed by atoms with van der Waals surface area (Å²) in [6.45, 7) is 1.92. The van der Waals surface area contributed by atoms with E-state index in [1.807, 2.05) is 30.3 Å². The van der Waals surface area contributed by atoms with Crippen LogP contribution in [-0.4, -0.2) is 18.1 Å². The fraction of sp³-hybridized carbons (Fsp3) is 0.214. The molecule has 0 aliphatic heterocycles. The molecule has 0 amide bonds. The molecule has 1 aromatic carbocycles. The lowest BCUT2D eigenvalue weighted by Crippen LogP contribution is -2.21. The predicted molar refractivity (Wildman–Crippen MR) is 77.9 cm³/mol. The molecule has 3 nitrogen and oxygen atoms in total. The van der Waals surface area contributed by atoms with Crippen LogP contribution in [0.4, 0.5) is 0 Å². The summed E-state index contributed by atoms with van der Waals surface area (Å²) >= 11 is 12.0. The number of ether oxygens (including phenoxy) is 1. The smallest absolute Gasteiger partial charge is 0.213 e. The standard InChI is InChI=1S/C14H14Cl2N2O/c15-12-5-3-4-11(14(12)16)10-17-8-9-19-13-6-1-2-7-18-13/h1-7,17H,8-10H2. The van der Waals surface area contributed by atoms with Crippen molar-refractivity contribution in [3.05, 3.63) is 58.2 Å². The number of halogens is 2. The molecule has 2 aromatic rings. The second kappa shape index (κ2) is 7.34. The van der Waals surface area contributed by atoms with E-state index in [0.29, 0.717) is 35.6 Å². The van der Waals surface area contributed by atoms with E-state index in [2.05, 4.69) is 10.3 Å². The molecule has 0 unspecified atom stereocenters. The van der Waals surface area contributed by atoms with Crippen LogP contribution in [0.1, 0.15) is 5.56 Å². The summed E-state index contributed by atoms with van der Waals surface area (Å²) in [6, 6.07) is 11.2. The summed E-state index contributed by atoms with van der Waals surface area (Å²) in [5, 5.41) is 4.42. The second-order valence-electron chi connectivity index (χ2n) is 3.91. The van der Waals surface area contributed by atoms with Crippen LogP contribution in [0.15, 0.2) is 42.6 Å². The van der Waals surface area contributed by atoms with Crippen molar-refractivity contribution in [1.29, 1.82) is 0 Å². The third-order valence-corrected chi connectivity index (χ3v) is 3.37. The molecule has 100 valence electrons. The third kappa shape index (κ3) is 4.39. The van der Waals surface area contributed by atoms with E-state index < -0.39 is 0 Å². The summed E-state index contributed by atoms with van der Waals surface area (Å²) in [6.07, 6.45) is 1.70. The van der Waals surface area contributed by atoms with Gasteiger partial charge >= 0.3 is 0 Å². The quantitative estimate of drug-likeness (QED) is 0.828. The van der Waals surface area contributed by atoms with Crippen molar-refractivity contribution in [2.24, 2.45) is 0 Å². The van der Waals surface area contributed by atoms with Crippen molar-refractivity contribution < 1.29 is 4.74 Å². The Hall–Kier alpha value is -1.29. The second-order valence-corrected chi connectivity index (χ2v) is 4.69. The van der Waals surface area contributed by atoms with Gasteiger partial charge in [0.2, 0.25) is 5.88 Å². The average molecular weight is 297 g/mol. The van der Waals surface area contributed by atoms with Crippen LogP contribution in [0.2, 0.25) is 10.0 Å². The Labute approximate surface area is 122 Å². The highest BCUT2D eigenvalue weighted by Gasteiger charge is 2.03. The van der Waals surface area contributed by atoms with Crippen molar-refractivity contribution in [2.45, 2.75) is 6.54 Å². The van der Waals surface area contributed by atoms with Crippen LogP contribution in [0.3, 0.4) is 0 Å². The number of nitrogens with one attached hydrogen (secondary N) is 1. The van der Waals surface area contributed by atoms with E-state index in [4.69, 9.17) is 27.9 Å². The highest BCUT2D eigenvalue weighted by atomic mass is 35.5. The van der Waals surface area contributed by atoms with Crippen molar-refractivity contribution in [3.8, 4) is 5.88 Å². The number of aromatic nitrogens is 1. The highest BCUT2D eigenvalue weighted by Crippen LogP contribution is 2.25. The number of hydrogen-bond donors (Lipinski definition) is 1. The molecule has 1 heterocycles.